The SMILES string of the molecule is Cc1ccc(C(C)Cl)s1. The Labute approximate surface area is 64.5 Å². The molecule has 1 unspecified atom stereocenters. The monoisotopic (exact) mass is 160 g/mol. The first-order valence-corrected chi connectivity index (χ1v) is 4.16. The molecule has 0 spiro atoms. The molecule has 1 rings (SSSR count). The lowest BCUT2D eigenvalue weighted by molar-refractivity contribution is 1.12. The maximum Gasteiger partial charge on any atom is 0.0650 e. The Morgan fingerprint density at radius 1 is 1.56 bits per heavy atom. The molecule has 2 heteroatoms. The largest absolute Gasteiger partial charge is 0.144 e. The second-order valence-corrected chi connectivity index (χ2v) is 4.04. The van der Waals surface area contributed by atoms with Gasteiger partial charge in [-0.2, -0.15) is 0 Å². The molecule has 0 aromatic carbocycles. The van der Waals surface area contributed by atoms with E-state index in [9.17, 15) is 0 Å². The lowest BCUT2D eigenvalue weighted by atomic mass is 10.4. The molecule has 9 heavy (non-hydrogen) atoms. The molecule has 0 aliphatic carbocycles. The van der Waals surface area contributed by atoms with Gasteiger partial charge in [0.15, 0.2) is 0 Å². The first-order valence-electron chi connectivity index (χ1n) is 2.90. The van der Waals surface area contributed by atoms with Crippen LogP contribution in [0, 0.1) is 6.92 Å². The molecule has 1 heterocycles. The van der Waals surface area contributed by atoms with Crippen molar-refractivity contribution < 1.29 is 0 Å². The van der Waals surface area contributed by atoms with E-state index in [1.54, 1.807) is 11.3 Å². The van der Waals surface area contributed by atoms with Crippen molar-refractivity contribution in [3.8, 4) is 0 Å². The predicted molar refractivity (Wildman–Crippen MR) is 43.3 cm³/mol. The number of rotatable bonds is 1. The van der Waals surface area contributed by atoms with Gasteiger partial charge < -0.3 is 0 Å². The van der Waals surface area contributed by atoms with Crippen molar-refractivity contribution in [2.75, 3.05) is 0 Å². The number of hydrogen-bond acceptors (Lipinski definition) is 1. The molecular weight excluding hydrogens is 152 g/mol. The number of alkyl halides is 1. The Bertz CT molecular complexity index is 191. The summed E-state index contributed by atoms with van der Waals surface area (Å²) in [5, 5.41) is 0.170. The summed E-state index contributed by atoms with van der Waals surface area (Å²) in [6, 6.07) is 4.18. The van der Waals surface area contributed by atoms with E-state index < -0.39 is 0 Å². The molecule has 1 atom stereocenters. The minimum Gasteiger partial charge on any atom is -0.144 e. The molecule has 0 fully saturated rings. The van der Waals surface area contributed by atoms with Crippen LogP contribution in [0.5, 0.6) is 0 Å². The topological polar surface area (TPSA) is 0 Å². The van der Waals surface area contributed by atoms with Gasteiger partial charge in [-0.05, 0) is 26.0 Å². The van der Waals surface area contributed by atoms with Crippen LogP contribution in [0.2, 0.25) is 0 Å². The summed E-state index contributed by atoms with van der Waals surface area (Å²) >= 11 is 7.59. The molecule has 1 aromatic rings. The average Bonchev–Trinajstić information content (AvgIpc) is 2.14. The Morgan fingerprint density at radius 2 is 2.22 bits per heavy atom. The van der Waals surface area contributed by atoms with Crippen LogP contribution in [0.25, 0.3) is 0 Å². The van der Waals surface area contributed by atoms with Gasteiger partial charge in [-0.3, -0.25) is 0 Å². The molecule has 0 N–H and O–H groups in total. The second kappa shape index (κ2) is 2.72. The van der Waals surface area contributed by atoms with Gasteiger partial charge in [-0.1, -0.05) is 0 Å². The Morgan fingerprint density at radius 3 is 2.44 bits per heavy atom. The quantitative estimate of drug-likeness (QED) is 0.553. The smallest absolute Gasteiger partial charge is 0.0650 e. The molecular formula is C7H9ClS. The molecule has 0 radical (unpaired) electrons. The Hall–Kier alpha value is -0.0100. The lowest BCUT2D eigenvalue weighted by Gasteiger charge is -1.93. The Kier molecular flexibility index (Phi) is 2.14. The van der Waals surface area contributed by atoms with Crippen LogP contribution >= 0.6 is 22.9 Å². The van der Waals surface area contributed by atoms with Crippen molar-refractivity contribution in [3.05, 3.63) is 21.9 Å². The fraction of sp³-hybridized carbons (Fsp3) is 0.429. The van der Waals surface area contributed by atoms with Crippen LogP contribution in [0.3, 0.4) is 0 Å². The first kappa shape index (κ1) is 7.10. The molecule has 0 nitrogen and oxygen atoms in total. The highest BCUT2D eigenvalue weighted by atomic mass is 35.5. The summed E-state index contributed by atoms with van der Waals surface area (Å²) in [5.74, 6) is 0. The van der Waals surface area contributed by atoms with Crippen LogP contribution in [0.15, 0.2) is 12.1 Å². The lowest BCUT2D eigenvalue weighted by Crippen LogP contribution is -1.72. The van der Waals surface area contributed by atoms with Gasteiger partial charge >= 0.3 is 0 Å². The minimum absolute atomic E-state index is 0.170. The van der Waals surface area contributed by atoms with Gasteiger partial charge in [0.2, 0.25) is 0 Å². The second-order valence-electron chi connectivity index (χ2n) is 2.06. The molecule has 0 saturated carbocycles. The van der Waals surface area contributed by atoms with Crippen molar-refractivity contribution in [1.82, 2.24) is 0 Å². The third-order valence-corrected chi connectivity index (χ3v) is 2.70. The van der Waals surface area contributed by atoms with Gasteiger partial charge in [0, 0.05) is 9.75 Å². The van der Waals surface area contributed by atoms with Gasteiger partial charge in [0.1, 0.15) is 0 Å². The van der Waals surface area contributed by atoms with Crippen molar-refractivity contribution in [2.45, 2.75) is 19.2 Å². The van der Waals surface area contributed by atoms with E-state index in [1.165, 1.54) is 9.75 Å². The Balaban J connectivity index is 2.85. The third-order valence-electron chi connectivity index (χ3n) is 1.15. The molecule has 0 bridgehead atoms. The van der Waals surface area contributed by atoms with Gasteiger partial charge in [0.05, 0.1) is 5.38 Å². The summed E-state index contributed by atoms with van der Waals surface area (Å²) < 4.78 is 0. The summed E-state index contributed by atoms with van der Waals surface area (Å²) in [7, 11) is 0. The zero-order chi connectivity index (χ0) is 6.85. The third kappa shape index (κ3) is 1.70. The number of halogens is 1. The molecule has 1 aromatic heterocycles. The molecule has 50 valence electrons. The first-order chi connectivity index (χ1) is 4.20. The molecule has 0 amide bonds. The summed E-state index contributed by atoms with van der Waals surface area (Å²) in [6.45, 7) is 4.08. The normalized spacial score (nSPS) is 13.7. The predicted octanol–water partition coefficient (Wildman–Crippen LogP) is 3.36. The van der Waals surface area contributed by atoms with Crippen molar-refractivity contribution in [2.24, 2.45) is 0 Å². The average molecular weight is 161 g/mol. The fourth-order valence-corrected chi connectivity index (χ4v) is 1.68. The number of hydrogen-bond donors (Lipinski definition) is 0. The highest BCUT2D eigenvalue weighted by Crippen LogP contribution is 2.26. The van der Waals surface area contributed by atoms with E-state index in [2.05, 4.69) is 19.1 Å². The van der Waals surface area contributed by atoms with Gasteiger partial charge in [-0.25, -0.2) is 0 Å². The zero-order valence-electron chi connectivity index (χ0n) is 5.52. The van der Waals surface area contributed by atoms with Crippen LogP contribution < -0.4 is 0 Å². The van der Waals surface area contributed by atoms with Crippen LogP contribution in [0.4, 0.5) is 0 Å². The van der Waals surface area contributed by atoms with E-state index in [0.717, 1.165) is 0 Å². The van der Waals surface area contributed by atoms with Crippen molar-refractivity contribution in [1.29, 1.82) is 0 Å². The van der Waals surface area contributed by atoms with E-state index in [1.807, 2.05) is 6.92 Å². The maximum absolute atomic E-state index is 5.83. The highest BCUT2D eigenvalue weighted by Gasteiger charge is 2.01. The number of aryl methyl sites for hydroxylation is 1. The van der Waals surface area contributed by atoms with E-state index >= 15 is 0 Å². The minimum atomic E-state index is 0.170. The zero-order valence-corrected chi connectivity index (χ0v) is 7.09. The van der Waals surface area contributed by atoms with Crippen LogP contribution in [-0.2, 0) is 0 Å². The summed E-state index contributed by atoms with van der Waals surface area (Å²) in [6.07, 6.45) is 0. The van der Waals surface area contributed by atoms with Gasteiger partial charge in [-0.15, -0.1) is 22.9 Å². The summed E-state index contributed by atoms with van der Waals surface area (Å²) in [5.41, 5.74) is 0. The molecule has 0 saturated heterocycles. The van der Waals surface area contributed by atoms with Crippen molar-refractivity contribution >= 4 is 22.9 Å². The standard InChI is InChI=1S/C7H9ClS/c1-5-3-4-7(9-5)6(2)8/h3-4,6H,1-2H3. The highest BCUT2D eigenvalue weighted by molar-refractivity contribution is 7.12. The van der Waals surface area contributed by atoms with Crippen molar-refractivity contribution in [3.63, 3.8) is 0 Å². The van der Waals surface area contributed by atoms with E-state index in [4.69, 9.17) is 11.6 Å². The van der Waals surface area contributed by atoms with Crippen LogP contribution in [-0.4, -0.2) is 0 Å². The van der Waals surface area contributed by atoms with E-state index in [-0.39, 0.29) is 5.38 Å². The summed E-state index contributed by atoms with van der Waals surface area (Å²) in [4.78, 5) is 2.59. The van der Waals surface area contributed by atoms with Gasteiger partial charge in [0.25, 0.3) is 0 Å². The molecule has 0 aliphatic heterocycles. The molecule has 0 aliphatic rings. The fourth-order valence-electron chi connectivity index (χ4n) is 0.667. The van der Waals surface area contributed by atoms with Crippen LogP contribution in [0.1, 0.15) is 22.1 Å². The van der Waals surface area contributed by atoms with E-state index in [0.29, 0.717) is 0 Å². The number of thiophene rings is 1. The maximum atomic E-state index is 5.83.